The van der Waals surface area contributed by atoms with Gasteiger partial charge in [-0.2, -0.15) is 0 Å². The van der Waals surface area contributed by atoms with E-state index >= 15 is 0 Å². The van der Waals surface area contributed by atoms with Gasteiger partial charge in [0.05, 0.1) is 25.4 Å². The summed E-state index contributed by atoms with van der Waals surface area (Å²) < 4.78 is 5.61. The molecule has 3 atom stereocenters. The van der Waals surface area contributed by atoms with Crippen LogP contribution in [-0.2, 0) is 4.74 Å². The topological polar surface area (TPSA) is 49.7 Å². The highest BCUT2D eigenvalue weighted by molar-refractivity contribution is 4.81. The molecule has 1 aliphatic heterocycles. The van der Waals surface area contributed by atoms with Crippen molar-refractivity contribution >= 4 is 0 Å². The lowest BCUT2D eigenvalue weighted by Gasteiger charge is -2.15. The van der Waals surface area contributed by atoms with Crippen molar-refractivity contribution < 1.29 is 14.9 Å². The average Bonchev–Trinajstić information content (AvgIpc) is 2.91. The van der Waals surface area contributed by atoms with E-state index in [2.05, 4.69) is 6.92 Å². The van der Waals surface area contributed by atoms with Crippen LogP contribution in [0, 0.1) is 5.92 Å². The summed E-state index contributed by atoms with van der Waals surface area (Å²) in [4.78, 5) is 0. The SMILES string of the molecule is CCCCCCCCCCCCC1CC(CO)OC1CO. The van der Waals surface area contributed by atoms with Crippen molar-refractivity contribution in [1.29, 1.82) is 0 Å². The molecule has 0 amide bonds. The number of hydrogen-bond donors (Lipinski definition) is 2. The fourth-order valence-corrected chi connectivity index (χ4v) is 3.41. The Kier molecular flexibility index (Phi) is 11.2. The highest BCUT2D eigenvalue weighted by Gasteiger charge is 2.33. The van der Waals surface area contributed by atoms with Crippen molar-refractivity contribution in [3.63, 3.8) is 0 Å². The Labute approximate surface area is 131 Å². The molecule has 126 valence electrons. The van der Waals surface area contributed by atoms with Gasteiger partial charge in [-0.15, -0.1) is 0 Å². The number of aliphatic hydroxyl groups is 2. The van der Waals surface area contributed by atoms with Crippen LogP contribution in [0.5, 0.6) is 0 Å². The minimum atomic E-state index is -0.0460. The Hall–Kier alpha value is -0.120. The minimum Gasteiger partial charge on any atom is -0.394 e. The molecule has 2 N–H and O–H groups in total. The van der Waals surface area contributed by atoms with Gasteiger partial charge in [-0.3, -0.25) is 0 Å². The predicted octanol–water partition coefficient (Wildman–Crippen LogP) is 4.06. The van der Waals surface area contributed by atoms with Crippen molar-refractivity contribution in [1.82, 2.24) is 0 Å². The van der Waals surface area contributed by atoms with Crippen LogP contribution in [0.15, 0.2) is 0 Å². The molecule has 1 aliphatic rings. The number of ether oxygens (including phenoxy) is 1. The van der Waals surface area contributed by atoms with E-state index in [1.54, 1.807) is 0 Å². The standard InChI is InChI=1S/C18H36O3/c1-2-3-4-5-6-7-8-9-10-11-12-16-13-17(14-19)21-18(16)15-20/h16-20H,2-15H2,1H3. The fraction of sp³-hybridized carbons (Fsp3) is 1.00. The molecule has 0 bridgehead atoms. The van der Waals surface area contributed by atoms with E-state index in [9.17, 15) is 5.11 Å². The largest absolute Gasteiger partial charge is 0.394 e. The maximum atomic E-state index is 9.30. The Bertz CT molecular complexity index is 233. The number of aliphatic hydroxyl groups excluding tert-OH is 2. The molecule has 3 nitrogen and oxygen atoms in total. The Balaban J connectivity index is 1.92. The fourth-order valence-electron chi connectivity index (χ4n) is 3.41. The van der Waals surface area contributed by atoms with Crippen LogP contribution in [0.25, 0.3) is 0 Å². The molecule has 0 aromatic carbocycles. The van der Waals surface area contributed by atoms with Gasteiger partial charge in [0.1, 0.15) is 0 Å². The lowest BCUT2D eigenvalue weighted by molar-refractivity contribution is -0.0212. The summed E-state index contributed by atoms with van der Waals surface area (Å²) in [6.07, 6.45) is 15.6. The van der Waals surface area contributed by atoms with Crippen LogP contribution in [0.3, 0.4) is 0 Å². The van der Waals surface area contributed by atoms with Crippen molar-refractivity contribution in [2.45, 2.75) is 96.2 Å². The molecule has 3 unspecified atom stereocenters. The van der Waals surface area contributed by atoms with Gasteiger partial charge < -0.3 is 14.9 Å². The summed E-state index contributed by atoms with van der Waals surface area (Å²) in [5, 5.41) is 18.4. The average molecular weight is 300 g/mol. The second-order valence-corrected chi connectivity index (χ2v) is 6.63. The molecule has 0 radical (unpaired) electrons. The predicted molar refractivity (Wildman–Crippen MR) is 87.4 cm³/mol. The highest BCUT2D eigenvalue weighted by Crippen LogP contribution is 2.30. The zero-order valence-electron chi connectivity index (χ0n) is 13.9. The van der Waals surface area contributed by atoms with E-state index in [4.69, 9.17) is 9.84 Å². The van der Waals surface area contributed by atoms with Gasteiger partial charge in [-0.25, -0.2) is 0 Å². The molecular weight excluding hydrogens is 264 g/mol. The molecule has 1 saturated heterocycles. The highest BCUT2D eigenvalue weighted by atomic mass is 16.5. The number of rotatable bonds is 13. The third-order valence-electron chi connectivity index (χ3n) is 4.77. The molecule has 3 heteroatoms. The minimum absolute atomic E-state index is 0.0410. The molecule has 0 aromatic rings. The zero-order valence-corrected chi connectivity index (χ0v) is 13.9. The van der Waals surface area contributed by atoms with E-state index in [1.165, 1.54) is 64.2 Å². The zero-order chi connectivity index (χ0) is 15.3. The van der Waals surface area contributed by atoms with Gasteiger partial charge in [0.2, 0.25) is 0 Å². The Morgan fingerprint density at radius 1 is 0.810 bits per heavy atom. The first-order chi connectivity index (χ1) is 10.3. The summed E-state index contributed by atoms with van der Waals surface area (Å²) >= 11 is 0. The molecule has 0 aliphatic carbocycles. The lowest BCUT2D eigenvalue weighted by Crippen LogP contribution is -2.21. The molecule has 0 saturated carbocycles. The van der Waals surface area contributed by atoms with Gasteiger partial charge in [-0.05, 0) is 18.8 Å². The first-order valence-corrected chi connectivity index (χ1v) is 9.19. The normalized spacial score (nSPS) is 25.6. The quantitative estimate of drug-likeness (QED) is 0.504. The Morgan fingerprint density at radius 2 is 1.38 bits per heavy atom. The molecule has 0 aromatic heterocycles. The second kappa shape index (κ2) is 12.4. The first kappa shape index (κ1) is 18.9. The maximum Gasteiger partial charge on any atom is 0.0839 e. The van der Waals surface area contributed by atoms with Crippen molar-refractivity contribution in [3.05, 3.63) is 0 Å². The van der Waals surface area contributed by atoms with Crippen LogP contribution in [0.4, 0.5) is 0 Å². The number of hydrogen-bond acceptors (Lipinski definition) is 3. The molecule has 21 heavy (non-hydrogen) atoms. The van der Waals surface area contributed by atoms with Crippen LogP contribution < -0.4 is 0 Å². The molecule has 1 rings (SSSR count). The van der Waals surface area contributed by atoms with Crippen molar-refractivity contribution in [3.8, 4) is 0 Å². The smallest absolute Gasteiger partial charge is 0.0839 e. The van der Waals surface area contributed by atoms with E-state index in [0.29, 0.717) is 5.92 Å². The van der Waals surface area contributed by atoms with Gasteiger partial charge in [0.25, 0.3) is 0 Å². The summed E-state index contributed by atoms with van der Waals surface area (Å²) in [7, 11) is 0. The van der Waals surface area contributed by atoms with E-state index in [-0.39, 0.29) is 25.4 Å². The number of unbranched alkanes of at least 4 members (excludes halogenated alkanes) is 9. The van der Waals surface area contributed by atoms with Gasteiger partial charge in [-0.1, -0.05) is 71.1 Å². The van der Waals surface area contributed by atoms with Crippen LogP contribution in [0.2, 0.25) is 0 Å². The molecular formula is C18H36O3. The van der Waals surface area contributed by atoms with E-state index < -0.39 is 0 Å². The Morgan fingerprint density at radius 3 is 1.90 bits per heavy atom. The molecule has 0 spiro atoms. The summed E-state index contributed by atoms with van der Waals surface area (Å²) in [5.41, 5.74) is 0. The van der Waals surface area contributed by atoms with E-state index in [1.807, 2.05) is 0 Å². The molecule has 1 fully saturated rings. The lowest BCUT2D eigenvalue weighted by atomic mass is 9.93. The van der Waals surface area contributed by atoms with Crippen molar-refractivity contribution in [2.24, 2.45) is 5.92 Å². The first-order valence-electron chi connectivity index (χ1n) is 9.19. The summed E-state index contributed by atoms with van der Waals surface area (Å²) in [6.45, 7) is 2.45. The van der Waals surface area contributed by atoms with Crippen LogP contribution in [-0.4, -0.2) is 35.6 Å². The van der Waals surface area contributed by atoms with Gasteiger partial charge >= 0.3 is 0 Å². The van der Waals surface area contributed by atoms with Crippen LogP contribution >= 0.6 is 0 Å². The second-order valence-electron chi connectivity index (χ2n) is 6.63. The van der Waals surface area contributed by atoms with Crippen molar-refractivity contribution in [2.75, 3.05) is 13.2 Å². The third kappa shape index (κ3) is 8.18. The third-order valence-corrected chi connectivity index (χ3v) is 4.77. The van der Waals surface area contributed by atoms with Gasteiger partial charge in [0.15, 0.2) is 0 Å². The van der Waals surface area contributed by atoms with Gasteiger partial charge in [0, 0.05) is 0 Å². The maximum absolute atomic E-state index is 9.30. The molecule has 1 heterocycles. The van der Waals surface area contributed by atoms with E-state index in [0.717, 1.165) is 12.8 Å². The monoisotopic (exact) mass is 300 g/mol. The summed E-state index contributed by atoms with van der Waals surface area (Å²) in [6, 6.07) is 0. The summed E-state index contributed by atoms with van der Waals surface area (Å²) in [5.74, 6) is 0.446. The van der Waals surface area contributed by atoms with Crippen LogP contribution in [0.1, 0.15) is 84.0 Å².